The Kier molecular flexibility index (Phi) is 9.09. The molecule has 158 valence electrons. The smallest absolute Gasteiger partial charge is 0.191 e. The van der Waals surface area contributed by atoms with Gasteiger partial charge in [-0.2, -0.15) is 0 Å². The lowest BCUT2D eigenvalue weighted by Gasteiger charge is -2.26. The predicted octanol–water partition coefficient (Wildman–Crippen LogP) is 3.37. The van der Waals surface area contributed by atoms with Crippen molar-refractivity contribution in [2.24, 2.45) is 4.99 Å². The lowest BCUT2D eigenvalue weighted by molar-refractivity contribution is 0.295. The minimum Gasteiger partial charge on any atom is -0.493 e. The van der Waals surface area contributed by atoms with Crippen LogP contribution in [0, 0.1) is 0 Å². The molecule has 0 amide bonds. The summed E-state index contributed by atoms with van der Waals surface area (Å²) in [7, 11) is 9.17. The van der Waals surface area contributed by atoms with Gasteiger partial charge in [-0.25, -0.2) is 0 Å². The van der Waals surface area contributed by atoms with Crippen LogP contribution < -0.4 is 20.1 Å². The summed E-state index contributed by atoms with van der Waals surface area (Å²) >= 11 is 6.05. The Morgan fingerprint density at radius 2 is 1.83 bits per heavy atom. The van der Waals surface area contributed by atoms with Gasteiger partial charge >= 0.3 is 0 Å². The molecule has 2 aromatic carbocycles. The van der Waals surface area contributed by atoms with Gasteiger partial charge in [0.05, 0.1) is 20.3 Å². The molecule has 0 heterocycles. The van der Waals surface area contributed by atoms with Crippen molar-refractivity contribution in [3.63, 3.8) is 0 Å². The number of halogens is 1. The van der Waals surface area contributed by atoms with E-state index in [-0.39, 0.29) is 6.04 Å². The Morgan fingerprint density at radius 3 is 2.45 bits per heavy atom. The van der Waals surface area contributed by atoms with E-state index in [9.17, 15) is 0 Å². The summed E-state index contributed by atoms with van der Waals surface area (Å²) in [6.07, 6.45) is 0.869. The molecule has 0 fully saturated rings. The number of aliphatic imine (C=N–C) groups is 1. The third kappa shape index (κ3) is 6.84. The van der Waals surface area contributed by atoms with Gasteiger partial charge in [0.25, 0.3) is 0 Å². The van der Waals surface area contributed by atoms with Gasteiger partial charge in [-0.05, 0) is 55.9 Å². The van der Waals surface area contributed by atoms with E-state index in [2.05, 4.69) is 46.8 Å². The topological polar surface area (TPSA) is 58.1 Å². The number of benzene rings is 2. The van der Waals surface area contributed by atoms with Gasteiger partial charge < -0.3 is 25.0 Å². The molecule has 2 N–H and O–H groups in total. The van der Waals surface area contributed by atoms with Crippen LogP contribution in [-0.2, 0) is 6.42 Å². The molecule has 2 aromatic rings. The Labute approximate surface area is 178 Å². The lowest BCUT2D eigenvalue weighted by atomic mass is 10.1. The van der Waals surface area contributed by atoms with Gasteiger partial charge in [0.15, 0.2) is 17.5 Å². The van der Waals surface area contributed by atoms with Gasteiger partial charge in [-0.15, -0.1) is 0 Å². The van der Waals surface area contributed by atoms with E-state index in [1.807, 2.05) is 30.3 Å². The van der Waals surface area contributed by atoms with E-state index in [1.54, 1.807) is 21.3 Å². The van der Waals surface area contributed by atoms with Crippen molar-refractivity contribution in [1.82, 2.24) is 15.5 Å². The van der Waals surface area contributed by atoms with E-state index < -0.39 is 0 Å². The van der Waals surface area contributed by atoms with Crippen molar-refractivity contribution in [2.45, 2.75) is 12.5 Å². The molecule has 0 saturated heterocycles. The van der Waals surface area contributed by atoms with Crippen molar-refractivity contribution in [3.8, 4) is 11.5 Å². The summed E-state index contributed by atoms with van der Waals surface area (Å²) in [5.41, 5.74) is 2.33. The molecule has 0 bridgehead atoms. The number of hydrogen-bond donors (Lipinski definition) is 2. The third-order valence-electron chi connectivity index (χ3n) is 4.70. The summed E-state index contributed by atoms with van der Waals surface area (Å²) < 4.78 is 10.8. The highest BCUT2D eigenvalue weighted by Crippen LogP contribution is 2.31. The fraction of sp³-hybridized carbons (Fsp3) is 0.409. The van der Waals surface area contributed by atoms with Crippen LogP contribution in [0.25, 0.3) is 0 Å². The van der Waals surface area contributed by atoms with E-state index in [0.29, 0.717) is 6.54 Å². The number of nitrogens with one attached hydrogen (secondary N) is 2. The van der Waals surface area contributed by atoms with Crippen molar-refractivity contribution in [1.29, 1.82) is 0 Å². The molecule has 1 unspecified atom stereocenters. The van der Waals surface area contributed by atoms with Crippen LogP contribution in [0.2, 0.25) is 5.02 Å². The molecule has 0 saturated carbocycles. The molecule has 0 spiro atoms. The maximum atomic E-state index is 6.05. The molecule has 7 heteroatoms. The summed E-state index contributed by atoms with van der Waals surface area (Å²) in [5, 5.41) is 7.53. The minimum absolute atomic E-state index is 0.140. The first-order chi connectivity index (χ1) is 14.0. The Morgan fingerprint density at radius 1 is 1.07 bits per heavy atom. The summed E-state index contributed by atoms with van der Waals surface area (Å²) in [4.78, 5) is 6.49. The molecule has 0 aliphatic heterocycles. The monoisotopic (exact) mass is 418 g/mol. The molecule has 29 heavy (non-hydrogen) atoms. The van der Waals surface area contributed by atoms with Gasteiger partial charge in [0.2, 0.25) is 0 Å². The zero-order valence-corrected chi connectivity index (χ0v) is 18.6. The molecular formula is C22H31ClN4O2. The van der Waals surface area contributed by atoms with E-state index in [4.69, 9.17) is 21.1 Å². The van der Waals surface area contributed by atoms with Crippen LogP contribution in [0.5, 0.6) is 11.5 Å². The second-order valence-corrected chi connectivity index (χ2v) is 7.29. The van der Waals surface area contributed by atoms with Gasteiger partial charge in [-0.3, -0.25) is 4.99 Å². The minimum atomic E-state index is 0.140. The molecule has 1 atom stereocenters. The normalized spacial score (nSPS) is 12.6. The van der Waals surface area contributed by atoms with Gasteiger partial charge in [-0.1, -0.05) is 29.8 Å². The van der Waals surface area contributed by atoms with Gasteiger partial charge in [0.1, 0.15) is 0 Å². The lowest BCUT2D eigenvalue weighted by Crippen LogP contribution is -2.42. The van der Waals surface area contributed by atoms with Crippen molar-refractivity contribution in [3.05, 3.63) is 58.6 Å². The SMILES string of the molecule is CN=C(NCCc1cccc(Cl)c1)NCC(c1ccc(OC)c(OC)c1)N(C)C. The largest absolute Gasteiger partial charge is 0.493 e. The van der Waals surface area contributed by atoms with Crippen LogP contribution in [0.1, 0.15) is 17.2 Å². The summed E-state index contributed by atoms with van der Waals surface area (Å²) in [5.74, 6) is 2.21. The van der Waals surface area contributed by atoms with E-state index >= 15 is 0 Å². The summed E-state index contributed by atoms with van der Waals surface area (Å²) in [6, 6.07) is 14.1. The molecular weight excluding hydrogens is 388 g/mol. The zero-order chi connectivity index (χ0) is 21.2. The Bertz CT molecular complexity index is 811. The first kappa shape index (κ1) is 22.8. The molecule has 0 aliphatic carbocycles. The number of methoxy groups -OCH3 is 2. The van der Waals surface area contributed by atoms with Crippen molar-refractivity contribution in [2.75, 3.05) is 48.5 Å². The number of guanidine groups is 1. The molecule has 0 aliphatic rings. The average Bonchev–Trinajstić information content (AvgIpc) is 2.72. The number of hydrogen-bond acceptors (Lipinski definition) is 4. The predicted molar refractivity (Wildman–Crippen MR) is 120 cm³/mol. The van der Waals surface area contributed by atoms with Crippen LogP contribution in [0.3, 0.4) is 0 Å². The maximum absolute atomic E-state index is 6.05. The first-order valence-corrected chi connectivity index (χ1v) is 9.93. The average molecular weight is 419 g/mol. The molecule has 0 aromatic heterocycles. The van der Waals surface area contributed by atoms with Crippen LogP contribution >= 0.6 is 11.6 Å². The fourth-order valence-electron chi connectivity index (χ4n) is 3.09. The van der Waals surface area contributed by atoms with Crippen LogP contribution in [-0.4, -0.2) is 59.3 Å². The number of likely N-dealkylation sites (N-methyl/N-ethyl adjacent to an activating group) is 1. The van der Waals surface area contributed by atoms with Crippen molar-refractivity contribution < 1.29 is 9.47 Å². The number of nitrogens with zero attached hydrogens (tertiary/aromatic N) is 2. The van der Waals surface area contributed by atoms with E-state index in [0.717, 1.165) is 41.0 Å². The van der Waals surface area contributed by atoms with Gasteiger partial charge in [0, 0.05) is 25.2 Å². The molecule has 0 radical (unpaired) electrons. The quantitative estimate of drug-likeness (QED) is 0.483. The number of rotatable bonds is 9. The fourth-order valence-corrected chi connectivity index (χ4v) is 3.30. The van der Waals surface area contributed by atoms with Crippen molar-refractivity contribution >= 4 is 17.6 Å². The van der Waals surface area contributed by atoms with Crippen LogP contribution in [0.15, 0.2) is 47.5 Å². The Hall–Kier alpha value is -2.44. The standard InChI is InChI=1S/C22H31ClN4O2/c1-24-22(25-12-11-16-7-6-8-18(23)13-16)26-15-19(27(2)3)17-9-10-20(28-4)21(14-17)29-5/h6-10,13-14,19H,11-12,15H2,1-5H3,(H2,24,25,26). The highest BCUT2D eigenvalue weighted by molar-refractivity contribution is 6.30. The highest BCUT2D eigenvalue weighted by Gasteiger charge is 2.17. The second-order valence-electron chi connectivity index (χ2n) is 6.85. The first-order valence-electron chi connectivity index (χ1n) is 9.55. The maximum Gasteiger partial charge on any atom is 0.191 e. The second kappa shape index (κ2) is 11.5. The third-order valence-corrected chi connectivity index (χ3v) is 4.93. The zero-order valence-electron chi connectivity index (χ0n) is 17.8. The highest BCUT2D eigenvalue weighted by atomic mass is 35.5. The molecule has 6 nitrogen and oxygen atoms in total. The van der Waals surface area contributed by atoms with Crippen LogP contribution in [0.4, 0.5) is 0 Å². The Balaban J connectivity index is 1.96. The number of ether oxygens (including phenoxy) is 2. The molecule has 2 rings (SSSR count). The van der Waals surface area contributed by atoms with E-state index in [1.165, 1.54) is 5.56 Å². The summed E-state index contributed by atoms with van der Waals surface area (Å²) in [6.45, 7) is 1.46.